The summed E-state index contributed by atoms with van der Waals surface area (Å²) in [5.41, 5.74) is 0.499. The van der Waals surface area contributed by atoms with E-state index in [-0.39, 0.29) is 0 Å². The molecule has 0 atom stereocenters. The molecule has 0 unspecified atom stereocenters. The zero-order valence-electron chi connectivity index (χ0n) is 10.5. The quantitative estimate of drug-likeness (QED) is 0.630. The van der Waals surface area contributed by atoms with E-state index in [2.05, 4.69) is 19.1 Å². The van der Waals surface area contributed by atoms with E-state index in [9.17, 15) is 0 Å². The van der Waals surface area contributed by atoms with Gasteiger partial charge in [0.05, 0.1) is 6.61 Å². The van der Waals surface area contributed by atoms with Crippen LogP contribution in [0.5, 0.6) is 5.75 Å². The second kappa shape index (κ2) is 8.64. The number of rotatable bonds is 8. The van der Waals surface area contributed by atoms with Gasteiger partial charge in [-0.2, -0.15) is 5.26 Å². The number of hydrogen-bond acceptors (Lipinski definition) is 2. The summed E-state index contributed by atoms with van der Waals surface area (Å²) >= 11 is 0. The molecule has 0 bridgehead atoms. The van der Waals surface area contributed by atoms with E-state index in [0.29, 0.717) is 17.9 Å². The van der Waals surface area contributed by atoms with Crippen molar-refractivity contribution in [2.24, 2.45) is 0 Å². The van der Waals surface area contributed by atoms with Crippen LogP contribution in [-0.4, -0.2) is 6.61 Å². The highest BCUT2D eigenvalue weighted by molar-refractivity contribution is 5.41. The van der Waals surface area contributed by atoms with Crippen molar-refractivity contribution in [1.82, 2.24) is 0 Å². The van der Waals surface area contributed by atoms with Crippen molar-refractivity contribution in [3.05, 3.63) is 29.8 Å². The summed E-state index contributed by atoms with van der Waals surface area (Å²) < 4.78 is 5.58. The van der Waals surface area contributed by atoms with E-state index < -0.39 is 0 Å². The highest BCUT2D eigenvalue weighted by atomic mass is 16.5. The molecule has 0 aliphatic heterocycles. The van der Waals surface area contributed by atoms with Gasteiger partial charge in [-0.15, -0.1) is 0 Å². The largest absolute Gasteiger partial charge is 0.492 e. The zero-order chi connectivity index (χ0) is 12.3. The van der Waals surface area contributed by atoms with E-state index in [1.54, 1.807) is 6.07 Å². The summed E-state index contributed by atoms with van der Waals surface area (Å²) in [5, 5.41) is 8.86. The Bertz CT molecular complexity index is 354. The lowest BCUT2D eigenvalue weighted by atomic mass is 10.1. The summed E-state index contributed by atoms with van der Waals surface area (Å²) in [6.45, 7) is 2.91. The zero-order valence-corrected chi connectivity index (χ0v) is 10.5. The lowest BCUT2D eigenvalue weighted by Crippen LogP contribution is -1.99. The van der Waals surface area contributed by atoms with Crippen molar-refractivity contribution in [1.29, 1.82) is 5.26 Å². The van der Waals surface area contributed by atoms with Gasteiger partial charge in [-0.25, -0.2) is 0 Å². The predicted octanol–water partition coefficient (Wildman–Crippen LogP) is 4.10. The van der Waals surface area contributed by atoms with Gasteiger partial charge < -0.3 is 4.74 Å². The van der Waals surface area contributed by atoms with Crippen molar-refractivity contribution >= 4 is 0 Å². The molecular formula is C15H20NO. The summed E-state index contributed by atoms with van der Waals surface area (Å²) in [6, 6.07) is 10.4. The average molecular weight is 230 g/mol. The minimum atomic E-state index is 0.499. The van der Waals surface area contributed by atoms with Gasteiger partial charge in [0.2, 0.25) is 0 Å². The Balaban J connectivity index is 2.16. The van der Waals surface area contributed by atoms with E-state index in [0.717, 1.165) is 6.42 Å². The van der Waals surface area contributed by atoms with E-state index in [1.807, 2.05) is 12.1 Å². The minimum Gasteiger partial charge on any atom is -0.492 e. The second-order valence-corrected chi connectivity index (χ2v) is 4.14. The third kappa shape index (κ3) is 5.40. The first kappa shape index (κ1) is 13.6. The van der Waals surface area contributed by atoms with Gasteiger partial charge >= 0.3 is 0 Å². The summed E-state index contributed by atoms with van der Waals surface area (Å²) in [6.07, 6.45) is 7.47. The first-order valence-electron chi connectivity index (χ1n) is 6.42. The summed E-state index contributed by atoms with van der Waals surface area (Å²) in [5.74, 6) is 0.656. The molecule has 0 spiro atoms. The van der Waals surface area contributed by atoms with Crippen LogP contribution in [0, 0.1) is 17.4 Å². The molecule has 0 aromatic heterocycles. The molecule has 1 aromatic carbocycles. The number of unbranched alkanes of at least 4 members (excludes halogenated alkanes) is 5. The van der Waals surface area contributed by atoms with Crippen molar-refractivity contribution in [3.63, 3.8) is 0 Å². The molecule has 1 rings (SSSR count). The fourth-order valence-corrected chi connectivity index (χ4v) is 1.69. The highest BCUT2D eigenvalue weighted by Gasteiger charge is 2.01. The van der Waals surface area contributed by atoms with Gasteiger partial charge in [0.1, 0.15) is 17.4 Å². The topological polar surface area (TPSA) is 33.0 Å². The Morgan fingerprint density at radius 1 is 1.24 bits per heavy atom. The lowest BCUT2D eigenvalue weighted by molar-refractivity contribution is 0.303. The molecule has 1 aromatic rings. The predicted molar refractivity (Wildman–Crippen MR) is 68.9 cm³/mol. The number of hydrogen-bond donors (Lipinski definition) is 0. The molecule has 0 aliphatic carbocycles. The first-order chi connectivity index (χ1) is 8.38. The van der Waals surface area contributed by atoms with E-state index in [1.165, 1.54) is 32.1 Å². The molecule has 2 nitrogen and oxygen atoms in total. The second-order valence-electron chi connectivity index (χ2n) is 4.14. The normalized spacial score (nSPS) is 9.88. The molecule has 0 heterocycles. The maximum Gasteiger partial charge on any atom is 0.137 e. The Hall–Kier alpha value is -1.49. The van der Waals surface area contributed by atoms with Crippen molar-refractivity contribution < 1.29 is 4.74 Å². The van der Waals surface area contributed by atoms with Gasteiger partial charge in [0.15, 0.2) is 0 Å². The molecular weight excluding hydrogens is 210 g/mol. The average Bonchev–Trinajstić information content (AvgIpc) is 2.38. The van der Waals surface area contributed by atoms with Crippen LogP contribution in [0.25, 0.3) is 0 Å². The van der Waals surface area contributed by atoms with Crippen molar-refractivity contribution in [3.8, 4) is 11.8 Å². The molecule has 17 heavy (non-hydrogen) atoms. The van der Waals surface area contributed by atoms with Crippen molar-refractivity contribution in [2.75, 3.05) is 6.61 Å². The Labute approximate surface area is 104 Å². The summed E-state index contributed by atoms with van der Waals surface area (Å²) in [4.78, 5) is 0. The smallest absolute Gasteiger partial charge is 0.137 e. The SMILES string of the molecule is CCCCCCCCOc1ccc[c]c1C#N. The van der Waals surface area contributed by atoms with Gasteiger partial charge in [-0.05, 0) is 12.5 Å². The highest BCUT2D eigenvalue weighted by Crippen LogP contribution is 2.16. The van der Waals surface area contributed by atoms with Crippen LogP contribution in [0.4, 0.5) is 0 Å². The molecule has 0 amide bonds. The molecule has 0 saturated carbocycles. The fourth-order valence-electron chi connectivity index (χ4n) is 1.69. The van der Waals surface area contributed by atoms with Crippen LogP contribution in [0.15, 0.2) is 18.2 Å². The fraction of sp³-hybridized carbons (Fsp3) is 0.533. The standard InChI is InChI=1S/C15H20NO/c1-2-3-4-5-6-9-12-17-15-11-8-7-10-14(15)13-16/h7-8,11H,2-6,9,12H2,1H3. The maximum absolute atomic E-state index is 8.86. The third-order valence-electron chi connectivity index (χ3n) is 2.69. The minimum absolute atomic E-state index is 0.499. The molecule has 0 fully saturated rings. The maximum atomic E-state index is 8.86. The number of benzene rings is 1. The van der Waals surface area contributed by atoms with Gasteiger partial charge in [0, 0.05) is 6.07 Å². The molecule has 0 aliphatic rings. The van der Waals surface area contributed by atoms with Crippen LogP contribution >= 0.6 is 0 Å². The molecule has 0 N–H and O–H groups in total. The van der Waals surface area contributed by atoms with Crippen LogP contribution in [0.3, 0.4) is 0 Å². The Kier molecular flexibility index (Phi) is 6.90. The molecule has 2 heteroatoms. The van der Waals surface area contributed by atoms with Crippen molar-refractivity contribution in [2.45, 2.75) is 45.4 Å². The van der Waals surface area contributed by atoms with Gasteiger partial charge in [-0.3, -0.25) is 0 Å². The van der Waals surface area contributed by atoms with Crippen LogP contribution < -0.4 is 4.74 Å². The monoisotopic (exact) mass is 230 g/mol. The molecule has 91 valence electrons. The van der Waals surface area contributed by atoms with Crippen LogP contribution in [0.2, 0.25) is 0 Å². The number of nitriles is 1. The van der Waals surface area contributed by atoms with E-state index >= 15 is 0 Å². The number of nitrogens with zero attached hydrogens (tertiary/aromatic N) is 1. The van der Waals surface area contributed by atoms with E-state index in [4.69, 9.17) is 10.00 Å². The van der Waals surface area contributed by atoms with Gasteiger partial charge in [0.25, 0.3) is 0 Å². The van der Waals surface area contributed by atoms with Gasteiger partial charge in [-0.1, -0.05) is 51.2 Å². The summed E-state index contributed by atoms with van der Waals surface area (Å²) in [7, 11) is 0. The third-order valence-corrected chi connectivity index (χ3v) is 2.69. The molecule has 0 saturated heterocycles. The lowest BCUT2D eigenvalue weighted by Gasteiger charge is -2.06. The van der Waals surface area contributed by atoms with Crippen LogP contribution in [-0.2, 0) is 0 Å². The Morgan fingerprint density at radius 3 is 2.76 bits per heavy atom. The Morgan fingerprint density at radius 2 is 2.00 bits per heavy atom. The first-order valence-corrected chi connectivity index (χ1v) is 6.42. The van der Waals surface area contributed by atoms with Crippen LogP contribution in [0.1, 0.15) is 51.0 Å². The number of ether oxygens (including phenoxy) is 1. The molecule has 1 radical (unpaired) electrons.